The summed E-state index contributed by atoms with van der Waals surface area (Å²) in [6.45, 7) is 14.5. The fourth-order valence-electron chi connectivity index (χ4n) is 10.4. The number of hydrogen-bond acceptors (Lipinski definition) is 7. The number of aromatic nitrogens is 3. The van der Waals surface area contributed by atoms with Gasteiger partial charge in [-0.25, -0.2) is 13.6 Å². The summed E-state index contributed by atoms with van der Waals surface area (Å²) in [5.74, 6) is -0.657. The highest BCUT2D eigenvalue weighted by Gasteiger charge is 2.57. The number of hydrogen-bond donors (Lipinski definition) is 3. The molecule has 0 spiro atoms. The summed E-state index contributed by atoms with van der Waals surface area (Å²) in [5.41, 5.74) is 0.883. The van der Waals surface area contributed by atoms with Crippen molar-refractivity contribution in [2.45, 2.75) is 128 Å². The number of carbonyl (C=O) groups is 2. The third kappa shape index (κ3) is 5.88. The van der Waals surface area contributed by atoms with Crippen molar-refractivity contribution < 1.29 is 18.4 Å². The zero-order valence-corrected chi connectivity index (χ0v) is 28.3. The van der Waals surface area contributed by atoms with E-state index in [2.05, 4.69) is 51.6 Å². The van der Waals surface area contributed by atoms with Crippen molar-refractivity contribution in [3.63, 3.8) is 0 Å². The standard InChI is InChI=1S/C34H53F2N9O2/c1-6-27(46)44-19(4)14-42(15-20(44)5)32-24-13-26(36)30-28-22(8-7-9-25(28)35)16-43-17-23(40-41-43)12-21-10-11-37-29(18(2)3)31(21)45(33(24)38-30)34(47)39-32/h6,17-22,24-26,28-33,37-38H,1,7-16H2,2-5H3,(H,39,47). The molecule has 7 rings (SSSR count). The Morgan fingerprint density at radius 2 is 1.83 bits per heavy atom. The molecule has 4 bridgehead atoms. The Kier molecular flexibility index (Phi) is 9.10. The van der Waals surface area contributed by atoms with Crippen LogP contribution in [-0.4, -0.2) is 116 Å². The van der Waals surface area contributed by atoms with Crippen LogP contribution in [-0.2, 0) is 17.8 Å². The number of nitrogens with one attached hydrogen (secondary N) is 3. The molecule has 4 saturated heterocycles. The molecule has 3 N–H and O–H groups in total. The highest BCUT2D eigenvalue weighted by atomic mass is 19.1. The molecule has 260 valence electrons. The summed E-state index contributed by atoms with van der Waals surface area (Å²) in [5, 5.41) is 19.8. The molecule has 1 aromatic rings. The number of urea groups is 1. The van der Waals surface area contributed by atoms with Crippen molar-refractivity contribution in [2.75, 3.05) is 19.6 Å². The molecule has 13 atom stereocenters. The van der Waals surface area contributed by atoms with Crippen molar-refractivity contribution in [2.24, 2.45) is 29.6 Å². The average Bonchev–Trinajstić information content (AvgIpc) is 3.47. The van der Waals surface area contributed by atoms with Gasteiger partial charge >= 0.3 is 6.03 Å². The SMILES string of the molecule is C=CC(=O)N1C(C)CN(C2NC(=O)N3C4NC(C(F)CC24)C2C(F)CCCC2Cn2cc(nn2)CC2CCNC(C(C)C)C23)CC1C. The number of alkyl halides is 2. The second kappa shape index (κ2) is 13.0. The van der Waals surface area contributed by atoms with E-state index in [1.165, 1.54) is 6.08 Å². The van der Waals surface area contributed by atoms with E-state index in [-0.39, 0.29) is 66.2 Å². The molecule has 0 aromatic carbocycles. The number of rotatable bonds is 3. The van der Waals surface area contributed by atoms with Crippen LogP contribution in [0.25, 0.3) is 0 Å². The lowest BCUT2D eigenvalue weighted by molar-refractivity contribution is -0.137. The summed E-state index contributed by atoms with van der Waals surface area (Å²) < 4.78 is 34.7. The van der Waals surface area contributed by atoms with Crippen LogP contribution in [0.4, 0.5) is 13.6 Å². The Morgan fingerprint density at radius 1 is 1.06 bits per heavy atom. The van der Waals surface area contributed by atoms with Gasteiger partial charge in [0.2, 0.25) is 5.91 Å². The zero-order chi connectivity index (χ0) is 33.1. The second-order valence-electron chi connectivity index (χ2n) is 15.6. The van der Waals surface area contributed by atoms with Gasteiger partial charge in [0.15, 0.2) is 0 Å². The molecule has 5 aliphatic heterocycles. The third-order valence-electron chi connectivity index (χ3n) is 12.3. The normalized spacial score (nSPS) is 42.7. The third-order valence-corrected chi connectivity index (χ3v) is 12.3. The molecule has 5 fully saturated rings. The van der Waals surface area contributed by atoms with E-state index in [1.54, 1.807) is 0 Å². The van der Waals surface area contributed by atoms with Gasteiger partial charge in [0.05, 0.1) is 24.1 Å². The van der Waals surface area contributed by atoms with Crippen LogP contribution in [0.2, 0.25) is 0 Å². The van der Waals surface area contributed by atoms with E-state index in [0.29, 0.717) is 32.5 Å². The van der Waals surface area contributed by atoms with Crippen LogP contribution in [0.15, 0.2) is 18.9 Å². The minimum absolute atomic E-state index is 0.0186. The van der Waals surface area contributed by atoms with E-state index in [0.717, 1.165) is 31.5 Å². The van der Waals surface area contributed by atoms with Crippen molar-refractivity contribution in [1.82, 2.24) is 45.6 Å². The fraction of sp³-hybridized carbons (Fsp3) is 0.824. The van der Waals surface area contributed by atoms with Gasteiger partial charge in [0.1, 0.15) is 12.3 Å². The molecule has 47 heavy (non-hydrogen) atoms. The molecule has 1 aliphatic carbocycles. The molecule has 11 nitrogen and oxygen atoms in total. The fourth-order valence-corrected chi connectivity index (χ4v) is 10.4. The Balaban J connectivity index is 1.30. The first kappa shape index (κ1) is 32.9. The highest BCUT2D eigenvalue weighted by molar-refractivity contribution is 5.87. The molecule has 6 aliphatic rings. The van der Waals surface area contributed by atoms with Gasteiger partial charge in [0, 0.05) is 61.8 Å². The molecular weight excluding hydrogens is 604 g/mol. The summed E-state index contributed by atoms with van der Waals surface area (Å²) in [7, 11) is 0. The largest absolute Gasteiger partial charge is 0.331 e. The maximum Gasteiger partial charge on any atom is 0.320 e. The van der Waals surface area contributed by atoms with Crippen LogP contribution in [0, 0.1) is 29.6 Å². The molecular formula is C34H53F2N9O2. The predicted octanol–water partition coefficient (Wildman–Crippen LogP) is 2.69. The van der Waals surface area contributed by atoms with Crippen molar-refractivity contribution in [3.8, 4) is 0 Å². The Labute approximate surface area is 277 Å². The summed E-state index contributed by atoms with van der Waals surface area (Å²) in [4.78, 5) is 33.4. The van der Waals surface area contributed by atoms with Crippen molar-refractivity contribution in [1.29, 1.82) is 0 Å². The van der Waals surface area contributed by atoms with Crippen LogP contribution in [0.5, 0.6) is 0 Å². The topological polar surface area (TPSA) is 111 Å². The van der Waals surface area contributed by atoms with Crippen molar-refractivity contribution >= 4 is 11.9 Å². The van der Waals surface area contributed by atoms with E-state index in [1.807, 2.05) is 34.5 Å². The first-order chi connectivity index (χ1) is 22.5. The number of piperidine rings is 2. The lowest BCUT2D eigenvalue weighted by Gasteiger charge is -2.60. The van der Waals surface area contributed by atoms with Gasteiger partial charge in [-0.1, -0.05) is 32.1 Å². The lowest BCUT2D eigenvalue weighted by Crippen LogP contribution is -2.80. The molecule has 6 heterocycles. The van der Waals surface area contributed by atoms with E-state index in [9.17, 15) is 9.59 Å². The molecule has 1 saturated carbocycles. The minimum Gasteiger partial charge on any atom is -0.331 e. The highest BCUT2D eigenvalue weighted by Crippen LogP contribution is 2.44. The Morgan fingerprint density at radius 3 is 2.55 bits per heavy atom. The zero-order valence-electron chi connectivity index (χ0n) is 28.3. The van der Waals surface area contributed by atoms with Crippen LogP contribution < -0.4 is 16.0 Å². The van der Waals surface area contributed by atoms with E-state index >= 15 is 8.78 Å². The minimum atomic E-state index is -1.28. The van der Waals surface area contributed by atoms with E-state index < -0.39 is 36.6 Å². The molecule has 13 heteroatoms. The first-order valence-corrected chi connectivity index (χ1v) is 18.0. The Bertz CT molecular complexity index is 1320. The summed E-state index contributed by atoms with van der Waals surface area (Å²) in [6.07, 6.45) is 3.78. The number of piperazine rings is 1. The maximum absolute atomic E-state index is 16.8. The number of halogens is 2. The maximum atomic E-state index is 16.8. The van der Waals surface area contributed by atoms with Crippen molar-refractivity contribution in [3.05, 3.63) is 24.5 Å². The van der Waals surface area contributed by atoms with Gasteiger partial charge in [-0.15, -0.1) is 5.10 Å². The van der Waals surface area contributed by atoms with Gasteiger partial charge in [0.25, 0.3) is 0 Å². The Hall–Kier alpha value is -2.64. The summed E-state index contributed by atoms with van der Waals surface area (Å²) in [6, 6.07) is -1.28. The molecule has 3 amide bonds. The van der Waals surface area contributed by atoms with Crippen LogP contribution in [0.3, 0.4) is 0 Å². The first-order valence-electron chi connectivity index (χ1n) is 18.0. The average molecular weight is 658 g/mol. The van der Waals surface area contributed by atoms with Gasteiger partial charge in [-0.05, 0) is 76.3 Å². The van der Waals surface area contributed by atoms with Crippen LogP contribution in [0.1, 0.15) is 65.5 Å². The molecule has 0 radical (unpaired) electrons. The number of nitrogens with zero attached hydrogens (tertiary/aromatic N) is 6. The molecule has 13 unspecified atom stereocenters. The lowest BCUT2D eigenvalue weighted by atomic mass is 9.69. The van der Waals surface area contributed by atoms with Gasteiger partial charge in [-0.3, -0.25) is 19.7 Å². The van der Waals surface area contributed by atoms with Gasteiger partial charge in [-0.2, -0.15) is 0 Å². The van der Waals surface area contributed by atoms with Crippen LogP contribution >= 0.6 is 0 Å². The number of amides is 3. The molecule has 1 aromatic heterocycles. The monoisotopic (exact) mass is 657 g/mol. The predicted molar refractivity (Wildman–Crippen MR) is 173 cm³/mol. The quantitative estimate of drug-likeness (QED) is 0.429. The number of carbonyl (C=O) groups excluding carboxylic acids is 2. The van der Waals surface area contributed by atoms with Gasteiger partial charge < -0.3 is 20.4 Å². The smallest absolute Gasteiger partial charge is 0.320 e. The number of fused-ring (bicyclic) bond motifs is 7. The second-order valence-corrected chi connectivity index (χ2v) is 15.6. The summed E-state index contributed by atoms with van der Waals surface area (Å²) >= 11 is 0. The van der Waals surface area contributed by atoms with E-state index in [4.69, 9.17) is 0 Å².